The highest BCUT2D eigenvalue weighted by Crippen LogP contribution is 2.25. The first-order valence-electron chi connectivity index (χ1n) is 10.0. The highest BCUT2D eigenvalue weighted by Gasteiger charge is 2.21. The van der Waals surface area contributed by atoms with Gasteiger partial charge in [0, 0.05) is 35.4 Å². The lowest BCUT2D eigenvalue weighted by atomic mass is 10.0. The van der Waals surface area contributed by atoms with Gasteiger partial charge in [-0.2, -0.15) is 0 Å². The van der Waals surface area contributed by atoms with Crippen molar-refractivity contribution in [2.75, 3.05) is 30.9 Å². The number of piperidine rings is 1. The molecular formula is C22H23ClN4O3S. The van der Waals surface area contributed by atoms with E-state index in [9.17, 15) is 4.79 Å². The number of hydrogen-bond acceptors (Lipinski definition) is 7. The number of thioether (sulfide) groups is 1. The second kappa shape index (κ2) is 10.1. The van der Waals surface area contributed by atoms with Gasteiger partial charge in [0.25, 0.3) is 5.22 Å². The molecule has 0 spiro atoms. The number of halogens is 1. The quantitative estimate of drug-likeness (QED) is 0.529. The van der Waals surface area contributed by atoms with E-state index in [4.69, 9.17) is 20.8 Å². The van der Waals surface area contributed by atoms with Gasteiger partial charge in [0.05, 0.1) is 12.9 Å². The van der Waals surface area contributed by atoms with Crippen molar-refractivity contribution in [3.63, 3.8) is 0 Å². The van der Waals surface area contributed by atoms with Crippen molar-refractivity contribution in [3.8, 4) is 17.2 Å². The van der Waals surface area contributed by atoms with Crippen molar-refractivity contribution in [3.05, 3.63) is 53.6 Å². The number of nitrogens with one attached hydrogen (secondary N) is 1. The number of amides is 1. The van der Waals surface area contributed by atoms with Gasteiger partial charge in [-0.3, -0.25) is 4.79 Å². The molecule has 1 aliphatic rings. The minimum Gasteiger partial charge on any atom is -0.497 e. The second-order valence-electron chi connectivity index (χ2n) is 7.20. The summed E-state index contributed by atoms with van der Waals surface area (Å²) in [5.74, 6) is 1.47. The Labute approximate surface area is 190 Å². The molecule has 1 amide bonds. The third-order valence-electron chi connectivity index (χ3n) is 5.12. The van der Waals surface area contributed by atoms with E-state index in [0.717, 1.165) is 37.2 Å². The van der Waals surface area contributed by atoms with E-state index in [-0.39, 0.29) is 17.7 Å². The molecular weight excluding hydrogens is 436 g/mol. The zero-order chi connectivity index (χ0) is 21.6. The molecule has 7 nitrogen and oxygen atoms in total. The number of rotatable bonds is 7. The van der Waals surface area contributed by atoms with Crippen LogP contribution in [-0.4, -0.2) is 48.1 Å². The Morgan fingerprint density at radius 1 is 1.16 bits per heavy atom. The van der Waals surface area contributed by atoms with E-state index in [1.807, 2.05) is 24.3 Å². The maximum absolute atomic E-state index is 12.4. The number of carbonyl (C=O) groups excluding carboxylic acids is 1. The van der Waals surface area contributed by atoms with Crippen LogP contribution in [0.1, 0.15) is 12.8 Å². The zero-order valence-corrected chi connectivity index (χ0v) is 18.7. The summed E-state index contributed by atoms with van der Waals surface area (Å²) >= 11 is 7.13. The van der Waals surface area contributed by atoms with Crippen molar-refractivity contribution < 1.29 is 13.9 Å². The molecule has 0 unspecified atom stereocenters. The van der Waals surface area contributed by atoms with E-state index in [2.05, 4.69) is 32.5 Å². The molecule has 1 fully saturated rings. The van der Waals surface area contributed by atoms with Crippen LogP contribution >= 0.6 is 23.4 Å². The van der Waals surface area contributed by atoms with Crippen LogP contribution in [0.3, 0.4) is 0 Å². The third kappa shape index (κ3) is 5.71. The molecule has 1 aliphatic heterocycles. The number of methoxy groups -OCH3 is 1. The predicted octanol–water partition coefficient (Wildman–Crippen LogP) is 4.28. The predicted molar refractivity (Wildman–Crippen MR) is 122 cm³/mol. The van der Waals surface area contributed by atoms with Crippen LogP contribution in [0.2, 0.25) is 5.02 Å². The normalized spacial score (nSPS) is 14.5. The van der Waals surface area contributed by atoms with Gasteiger partial charge in [0.15, 0.2) is 0 Å². The second-order valence-corrected chi connectivity index (χ2v) is 8.56. The minimum atomic E-state index is -0.0286. The molecule has 0 saturated carbocycles. The van der Waals surface area contributed by atoms with Crippen molar-refractivity contribution in [1.82, 2.24) is 15.5 Å². The Morgan fingerprint density at radius 2 is 1.87 bits per heavy atom. The van der Waals surface area contributed by atoms with Crippen LogP contribution in [0.5, 0.6) is 5.75 Å². The Hall–Kier alpha value is -2.71. The van der Waals surface area contributed by atoms with Gasteiger partial charge in [0.1, 0.15) is 5.75 Å². The van der Waals surface area contributed by atoms with Crippen molar-refractivity contribution in [1.29, 1.82) is 0 Å². The third-order valence-corrected chi connectivity index (χ3v) is 6.19. The van der Waals surface area contributed by atoms with Crippen LogP contribution in [0, 0.1) is 0 Å². The molecule has 3 aromatic rings. The summed E-state index contributed by atoms with van der Waals surface area (Å²) in [6.07, 6.45) is 1.81. The molecule has 0 radical (unpaired) electrons. The molecule has 1 saturated heterocycles. The molecule has 1 N–H and O–H groups in total. The molecule has 0 atom stereocenters. The number of aromatic nitrogens is 2. The van der Waals surface area contributed by atoms with Crippen LogP contribution < -0.4 is 15.0 Å². The number of carbonyl (C=O) groups is 1. The number of anilines is 1. The molecule has 162 valence electrons. The summed E-state index contributed by atoms with van der Waals surface area (Å²) in [4.78, 5) is 14.7. The monoisotopic (exact) mass is 458 g/mol. The van der Waals surface area contributed by atoms with E-state index in [1.165, 1.54) is 17.4 Å². The maximum atomic E-state index is 12.4. The van der Waals surface area contributed by atoms with Gasteiger partial charge >= 0.3 is 0 Å². The summed E-state index contributed by atoms with van der Waals surface area (Å²) in [5.41, 5.74) is 1.96. The van der Waals surface area contributed by atoms with E-state index in [0.29, 0.717) is 16.1 Å². The van der Waals surface area contributed by atoms with Gasteiger partial charge in [-0.25, -0.2) is 0 Å². The SMILES string of the molecule is COc1ccc(N2CCC(NC(=O)CSc3nnc(-c4ccc(Cl)cc4)o3)CC2)cc1. The summed E-state index contributed by atoms with van der Waals surface area (Å²) < 4.78 is 10.8. The van der Waals surface area contributed by atoms with Gasteiger partial charge in [-0.1, -0.05) is 23.4 Å². The number of hydrogen-bond donors (Lipinski definition) is 1. The number of nitrogens with zero attached hydrogens (tertiary/aromatic N) is 3. The van der Waals surface area contributed by atoms with Crippen molar-refractivity contribution in [2.45, 2.75) is 24.1 Å². The molecule has 2 aromatic carbocycles. The van der Waals surface area contributed by atoms with Gasteiger partial charge in [-0.05, 0) is 61.4 Å². The minimum absolute atomic E-state index is 0.0286. The smallest absolute Gasteiger partial charge is 0.277 e. The molecule has 31 heavy (non-hydrogen) atoms. The van der Waals surface area contributed by atoms with E-state index >= 15 is 0 Å². The molecule has 2 heterocycles. The van der Waals surface area contributed by atoms with E-state index < -0.39 is 0 Å². The summed E-state index contributed by atoms with van der Waals surface area (Å²) in [6, 6.07) is 15.4. The van der Waals surface area contributed by atoms with Crippen LogP contribution in [0.4, 0.5) is 5.69 Å². The Morgan fingerprint density at radius 3 is 2.55 bits per heavy atom. The molecule has 0 aliphatic carbocycles. The van der Waals surface area contributed by atoms with Crippen LogP contribution in [0.15, 0.2) is 58.2 Å². The molecule has 9 heteroatoms. The summed E-state index contributed by atoms with van der Waals surface area (Å²) in [5, 5.41) is 12.2. The van der Waals surface area contributed by atoms with E-state index in [1.54, 1.807) is 19.2 Å². The fraction of sp³-hybridized carbons (Fsp3) is 0.318. The lowest BCUT2D eigenvalue weighted by Crippen LogP contribution is -2.45. The Kier molecular flexibility index (Phi) is 6.99. The standard InChI is InChI=1S/C22H23ClN4O3S/c1-29-19-8-6-18(7-9-19)27-12-10-17(11-13-27)24-20(28)14-31-22-26-25-21(30-22)15-2-4-16(23)5-3-15/h2-9,17H,10-14H2,1H3,(H,24,28). The fourth-order valence-corrected chi connectivity index (χ4v) is 4.15. The lowest BCUT2D eigenvalue weighted by Gasteiger charge is -2.34. The zero-order valence-electron chi connectivity index (χ0n) is 17.1. The number of ether oxygens (including phenoxy) is 1. The van der Waals surface area contributed by atoms with Gasteiger partial charge in [0.2, 0.25) is 11.8 Å². The first-order valence-corrected chi connectivity index (χ1v) is 11.4. The average molecular weight is 459 g/mol. The van der Waals surface area contributed by atoms with Crippen molar-refractivity contribution >= 4 is 35.0 Å². The van der Waals surface area contributed by atoms with Crippen LogP contribution in [-0.2, 0) is 4.79 Å². The maximum Gasteiger partial charge on any atom is 0.277 e. The largest absolute Gasteiger partial charge is 0.497 e. The highest BCUT2D eigenvalue weighted by atomic mass is 35.5. The lowest BCUT2D eigenvalue weighted by molar-refractivity contribution is -0.119. The van der Waals surface area contributed by atoms with Gasteiger partial charge < -0.3 is 19.4 Å². The fourth-order valence-electron chi connectivity index (χ4n) is 3.45. The summed E-state index contributed by atoms with van der Waals surface area (Å²) in [6.45, 7) is 1.80. The molecule has 0 bridgehead atoms. The Balaban J connectivity index is 1.21. The van der Waals surface area contributed by atoms with Crippen molar-refractivity contribution in [2.24, 2.45) is 0 Å². The first-order chi connectivity index (χ1) is 15.1. The molecule has 1 aromatic heterocycles. The van der Waals surface area contributed by atoms with Crippen LogP contribution in [0.25, 0.3) is 11.5 Å². The van der Waals surface area contributed by atoms with Gasteiger partial charge in [-0.15, -0.1) is 10.2 Å². The highest BCUT2D eigenvalue weighted by molar-refractivity contribution is 7.99. The Bertz CT molecular complexity index is 1000. The average Bonchev–Trinajstić information content (AvgIpc) is 3.28. The topological polar surface area (TPSA) is 80.5 Å². The summed E-state index contributed by atoms with van der Waals surface area (Å²) in [7, 11) is 1.67. The number of benzene rings is 2. The molecule has 4 rings (SSSR count). The first kappa shape index (κ1) is 21.5.